The van der Waals surface area contributed by atoms with Crippen molar-refractivity contribution in [3.63, 3.8) is 0 Å². The fourth-order valence-electron chi connectivity index (χ4n) is 2.62. The van der Waals surface area contributed by atoms with Gasteiger partial charge in [-0.2, -0.15) is 0 Å². The van der Waals surface area contributed by atoms with Crippen LogP contribution in [0.2, 0.25) is 0 Å². The van der Waals surface area contributed by atoms with Gasteiger partial charge in [-0.15, -0.1) is 0 Å². The van der Waals surface area contributed by atoms with Crippen molar-refractivity contribution in [2.24, 2.45) is 0 Å². The number of para-hydroxylation sites is 2. The molecule has 0 aliphatic carbocycles. The summed E-state index contributed by atoms with van der Waals surface area (Å²) in [6, 6.07) is 12.6. The number of furan rings is 1. The van der Waals surface area contributed by atoms with Gasteiger partial charge in [-0.3, -0.25) is 10.1 Å². The quantitative estimate of drug-likeness (QED) is 0.212. The summed E-state index contributed by atoms with van der Waals surface area (Å²) in [6.07, 6.45) is 3.09. The number of nitro groups is 1. The lowest BCUT2D eigenvalue weighted by Gasteiger charge is -2.07. The van der Waals surface area contributed by atoms with E-state index in [1.165, 1.54) is 24.1 Å². The molecule has 136 valence electrons. The van der Waals surface area contributed by atoms with Crippen LogP contribution in [-0.2, 0) is 0 Å². The second-order valence-corrected chi connectivity index (χ2v) is 6.75. The summed E-state index contributed by atoms with van der Waals surface area (Å²) in [6.45, 7) is 0.504. The van der Waals surface area contributed by atoms with Crippen molar-refractivity contribution >= 4 is 34.3 Å². The Kier molecular flexibility index (Phi) is 4.75. The molecule has 4 aromatic rings. The molecule has 0 saturated heterocycles. The summed E-state index contributed by atoms with van der Waals surface area (Å²) in [5, 5.41) is 15.1. The molecule has 0 saturated carbocycles. The van der Waals surface area contributed by atoms with Crippen LogP contribution in [0.4, 0.5) is 11.5 Å². The molecule has 3 aromatic heterocycles. The largest absolute Gasteiger partial charge is 0.472 e. The Morgan fingerprint density at radius 2 is 2.07 bits per heavy atom. The number of aromatic nitrogens is 3. The lowest BCUT2D eigenvalue weighted by molar-refractivity contribution is -0.384. The number of rotatable bonds is 7. The fraction of sp³-hybridized carbons (Fsp3) is 0.111. The van der Waals surface area contributed by atoms with Crippen LogP contribution < -0.4 is 5.32 Å². The summed E-state index contributed by atoms with van der Waals surface area (Å²) < 4.78 is 5.05. The predicted molar refractivity (Wildman–Crippen MR) is 104 cm³/mol. The Hall–Kier alpha value is -3.33. The van der Waals surface area contributed by atoms with Crippen LogP contribution in [0.3, 0.4) is 0 Å². The third-order valence-corrected chi connectivity index (χ3v) is 4.76. The van der Waals surface area contributed by atoms with Gasteiger partial charge in [0.1, 0.15) is 0 Å². The molecule has 0 aliphatic heterocycles. The van der Waals surface area contributed by atoms with Crippen LogP contribution in [-0.4, -0.2) is 32.2 Å². The second-order valence-electron chi connectivity index (χ2n) is 5.67. The van der Waals surface area contributed by atoms with Crippen molar-refractivity contribution in [1.82, 2.24) is 15.0 Å². The molecule has 27 heavy (non-hydrogen) atoms. The summed E-state index contributed by atoms with van der Waals surface area (Å²) >= 11 is 1.54. The Morgan fingerprint density at radius 3 is 2.85 bits per heavy atom. The van der Waals surface area contributed by atoms with Crippen molar-refractivity contribution in [3.05, 3.63) is 65.1 Å². The van der Waals surface area contributed by atoms with E-state index in [4.69, 9.17) is 4.42 Å². The molecule has 0 atom stereocenters. The van der Waals surface area contributed by atoms with Gasteiger partial charge in [0.2, 0.25) is 5.82 Å². The van der Waals surface area contributed by atoms with E-state index in [2.05, 4.69) is 20.3 Å². The van der Waals surface area contributed by atoms with E-state index < -0.39 is 4.92 Å². The Morgan fingerprint density at radius 1 is 1.19 bits per heavy atom. The molecule has 4 rings (SSSR count). The minimum absolute atomic E-state index is 0.0593. The van der Waals surface area contributed by atoms with Gasteiger partial charge in [0.15, 0.2) is 5.16 Å². The van der Waals surface area contributed by atoms with Gasteiger partial charge in [-0.05, 0) is 24.3 Å². The lowest BCUT2D eigenvalue weighted by atomic mass is 10.2. The maximum absolute atomic E-state index is 11.3. The normalized spacial score (nSPS) is 11.0. The van der Waals surface area contributed by atoms with Gasteiger partial charge in [0.25, 0.3) is 0 Å². The Labute approximate surface area is 158 Å². The highest BCUT2D eigenvalue weighted by Crippen LogP contribution is 2.27. The van der Waals surface area contributed by atoms with Gasteiger partial charge in [-0.25, -0.2) is 9.97 Å². The molecule has 0 aliphatic rings. The molecule has 8 nitrogen and oxygen atoms in total. The van der Waals surface area contributed by atoms with E-state index in [9.17, 15) is 10.1 Å². The second kappa shape index (κ2) is 7.50. The topological polar surface area (TPSA) is 110 Å². The highest BCUT2D eigenvalue weighted by molar-refractivity contribution is 7.99. The van der Waals surface area contributed by atoms with Crippen LogP contribution >= 0.6 is 11.8 Å². The Balaban J connectivity index is 1.43. The fourth-order valence-corrected chi connectivity index (χ4v) is 3.36. The average molecular weight is 381 g/mol. The zero-order chi connectivity index (χ0) is 18.6. The van der Waals surface area contributed by atoms with Crippen LogP contribution in [0.5, 0.6) is 0 Å². The Bertz CT molecular complexity index is 1040. The van der Waals surface area contributed by atoms with Crippen molar-refractivity contribution < 1.29 is 9.34 Å². The van der Waals surface area contributed by atoms with Crippen LogP contribution in [0.15, 0.2) is 64.6 Å². The van der Waals surface area contributed by atoms with Crippen molar-refractivity contribution in [1.29, 1.82) is 0 Å². The summed E-state index contributed by atoms with van der Waals surface area (Å²) in [4.78, 5) is 22.9. The first kappa shape index (κ1) is 17.1. The molecule has 0 radical (unpaired) electrons. The number of H-pyrrole nitrogens is 1. The molecular weight excluding hydrogens is 366 g/mol. The molecule has 2 N–H and O–H groups in total. The molecule has 1 aromatic carbocycles. The lowest BCUT2D eigenvalue weighted by Crippen LogP contribution is -2.08. The number of nitrogens with zero attached hydrogens (tertiary/aromatic N) is 3. The van der Waals surface area contributed by atoms with E-state index in [1.54, 1.807) is 18.4 Å². The third kappa shape index (κ3) is 3.77. The van der Waals surface area contributed by atoms with Gasteiger partial charge < -0.3 is 14.7 Å². The first-order valence-electron chi connectivity index (χ1n) is 8.20. The van der Waals surface area contributed by atoms with Crippen molar-refractivity contribution in [2.45, 2.75) is 5.16 Å². The first-order chi connectivity index (χ1) is 13.2. The zero-order valence-corrected chi connectivity index (χ0v) is 14.9. The molecular formula is C18H15N5O3S. The third-order valence-electron chi connectivity index (χ3n) is 3.89. The molecule has 3 heterocycles. The maximum atomic E-state index is 11.3. The molecule has 0 spiro atoms. The zero-order valence-electron chi connectivity index (χ0n) is 14.1. The van der Waals surface area contributed by atoms with Gasteiger partial charge in [0.05, 0.1) is 34.2 Å². The maximum Gasteiger partial charge on any atom is 0.311 e. The van der Waals surface area contributed by atoms with E-state index in [0.717, 1.165) is 21.8 Å². The molecule has 0 bridgehead atoms. The predicted octanol–water partition coefficient (Wildman–Crippen LogP) is 4.33. The highest BCUT2D eigenvalue weighted by atomic mass is 32.2. The van der Waals surface area contributed by atoms with Gasteiger partial charge >= 0.3 is 5.69 Å². The molecule has 0 unspecified atom stereocenters. The summed E-state index contributed by atoms with van der Waals surface area (Å²) in [5.41, 5.74) is 3.22. The minimum Gasteiger partial charge on any atom is -0.472 e. The number of thioether (sulfide) groups is 1. The van der Waals surface area contributed by atoms with E-state index >= 15 is 0 Å². The number of hydrogen-bond acceptors (Lipinski definition) is 7. The first-order valence-corrected chi connectivity index (χ1v) is 9.19. The molecule has 0 amide bonds. The number of aromatic amines is 1. The standard InChI is InChI=1S/C18H15N5O3S/c24-23(25)16-6-5-13(12-7-9-26-11-12)20-17(16)19-8-10-27-18-21-14-3-1-2-4-15(14)22-18/h1-7,9,11H,8,10H2,(H,19,20)(H,21,22). The average Bonchev–Trinajstić information content (AvgIpc) is 3.34. The van der Waals surface area contributed by atoms with Crippen LogP contribution in [0.1, 0.15) is 0 Å². The van der Waals surface area contributed by atoms with Gasteiger partial charge in [0, 0.05) is 23.9 Å². The number of nitrogens with one attached hydrogen (secondary N) is 2. The minimum atomic E-state index is -0.444. The summed E-state index contributed by atoms with van der Waals surface area (Å²) in [7, 11) is 0. The smallest absolute Gasteiger partial charge is 0.311 e. The van der Waals surface area contributed by atoms with Crippen LogP contribution in [0.25, 0.3) is 22.3 Å². The van der Waals surface area contributed by atoms with Crippen molar-refractivity contribution in [3.8, 4) is 11.3 Å². The number of benzene rings is 1. The SMILES string of the molecule is O=[N+]([O-])c1ccc(-c2ccoc2)nc1NCCSc1nc2ccccc2[nH]1. The molecule has 0 fully saturated rings. The van der Waals surface area contributed by atoms with E-state index in [-0.39, 0.29) is 11.5 Å². The van der Waals surface area contributed by atoms with E-state index in [0.29, 0.717) is 18.0 Å². The number of fused-ring (bicyclic) bond motifs is 1. The number of anilines is 1. The molecule has 9 heteroatoms. The number of hydrogen-bond donors (Lipinski definition) is 2. The monoisotopic (exact) mass is 381 g/mol. The number of pyridine rings is 1. The van der Waals surface area contributed by atoms with Crippen LogP contribution in [0, 0.1) is 10.1 Å². The van der Waals surface area contributed by atoms with Gasteiger partial charge in [-0.1, -0.05) is 23.9 Å². The highest BCUT2D eigenvalue weighted by Gasteiger charge is 2.16. The van der Waals surface area contributed by atoms with Crippen molar-refractivity contribution in [2.75, 3.05) is 17.6 Å². The summed E-state index contributed by atoms with van der Waals surface area (Å²) in [5.74, 6) is 0.915. The van der Waals surface area contributed by atoms with E-state index in [1.807, 2.05) is 24.3 Å². The number of imidazole rings is 1.